The van der Waals surface area contributed by atoms with Crippen LogP contribution in [0.25, 0.3) is 0 Å². The highest BCUT2D eigenvalue weighted by atomic mass is 17.2. The van der Waals surface area contributed by atoms with Gasteiger partial charge in [0.25, 0.3) is 0 Å². The van der Waals surface area contributed by atoms with Crippen LogP contribution in [0.3, 0.4) is 0 Å². The first-order valence-electron chi connectivity index (χ1n) is 6.47. The monoisotopic (exact) mass is 292 g/mol. The van der Waals surface area contributed by atoms with Crippen molar-refractivity contribution in [1.82, 2.24) is 0 Å². The zero-order valence-corrected chi connectivity index (χ0v) is 11.3. The number of aliphatic carboxylic acids is 2. The zero-order valence-electron chi connectivity index (χ0n) is 11.3. The summed E-state index contributed by atoms with van der Waals surface area (Å²) in [6.45, 7) is 0.482. The third-order valence-corrected chi connectivity index (χ3v) is 3.47. The van der Waals surface area contributed by atoms with E-state index in [0.29, 0.717) is 6.61 Å². The van der Waals surface area contributed by atoms with Crippen molar-refractivity contribution in [3.63, 3.8) is 0 Å². The van der Waals surface area contributed by atoms with Gasteiger partial charge in [-0.1, -0.05) is 42.0 Å². The van der Waals surface area contributed by atoms with Gasteiger partial charge in [0, 0.05) is 0 Å². The Morgan fingerprint density at radius 2 is 1.71 bits per heavy atom. The number of carboxylic acids is 2. The van der Waals surface area contributed by atoms with Crippen molar-refractivity contribution in [1.29, 1.82) is 0 Å². The minimum Gasteiger partial charge on any atom is -0.480 e. The molecule has 0 saturated heterocycles. The van der Waals surface area contributed by atoms with Crippen LogP contribution >= 0.6 is 0 Å². The molecule has 0 amide bonds. The summed E-state index contributed by atoms with van der Waals surface area (Å²) >= 11 is 0. The highest BCUT2D eigenvalue weighted by Gasteiger charge is 2.54. The molecule has 1 aliphatic rings. The van der Waals surface area contributed by atoms with Gasteiger partial charge in [-0.3, -0.25) is 9.59 Å². The molecule has 0 aliphatic heterocycles. The second-order valence-corrected chi connectivity index (χ2v) is 4.94. The Bertz CT molecular complexity index is 525. The zero-order chi connectivity index (χ0) is 15.3. The molecule has 1 aromatic rings. The van der Waals surface area contributed by atoms with Crippen molar-refractivity contribution in [2.24, 2.45) is 5.41 Å². The largest absolute Gasteiger partial charge is 0.480 e. The number of benzene rings is 1. The van der Waals surface area contributed by atoms with Crippen LogP contribution < -0.4 is 0 Å². The Balaban J connectivity index is 1.70. The minimum atomic E-state index is -1.67. The quantitative estimate of drug-likeness (QED) is 0.262. The van der Waals surface area contributed by atoms with Gasteiger partial charge in [-0.2, -0.15) is 0 Å². The molecule has 0 spiro atoms. The molecule has 0 heterocycles. The smallest absolute Gasteiger partial charge is 0.321 e. The number of carboxylic acid groups (broad SMARTS) is 2. The van der Waals surface area contributed by atoms with Gasteiger partial charge in [0.05, 0.1) is 0 Å². The first-order chi connectivity index (χ1) is 10.0. The SMILES string of the molecule is O=C(O)C1(C(=O)O)CC(=CCOOCc2ccccc2)C1. The van der Waals surface area contributed by atoms with Crippen LogP contribution in [0.5, 0.6) is 0 Å². The second-order valence-electron chi connectivity index (χ2n) is 4.94. The minimum absolute atomic E-state index is 0.0136. The van der Waals surface area contributed by atoms with E-state index >= 15 is 0 Å². The fourth-order valence-corrected chi connectivity index (χ4v) is 2.15. The number of allylic oxidation sites excluding steroid dienone is 1. The van der Waals surface area contributed by atoms with Crippen molar-refractivity contribution < 1.29 is 29.6 Å². The Kier molecular flexibility index (Phi) is 4.72. The summed E-state index contributed by atoms with van der Waals surface area (Å²) in [4.78, 5) is 31.9. The predicted molar refractivity (Wildman–Crippen MR) is 72.2 cm³/mol. The highest BCUT2D eigenvalue weighted by molar-refractivity contribution is 6.00. The fourth-order valence-electron chi connectivity index (χ4n) is 2.15. The molecule has 0 radical (unpaired) electrons. The molecule has 1 fully saturated rings. The maximum absolute atomic E-state index is 11.0. The first kappa shape index (κ1) is 15.2. The Morgan fingerprint density at radius 1 is 1.10 bits per heavy atom. The van der Waals surface area contributed by atoms with Gasteiger partial charge in [0.1, 0.15) is 13.2 Å². The van der Waals surface area contributed by atoms with Crippen molar-refractivity contribution in [3.8, 4) is 0 Å². The van der Waals surface area contributed by atoms with Gasteiger partial charge < -0.3 is 10.2 Å². The lowest BCUT2D eigenvalue weighted by molar-refractivity contribution is -0.296. The molecule has 0 atom stereocenters. The lowest BCUT2D eigenvalue weighted by Gasteiger charge is -2.35. The third-order valence-electron chi connectivity index (χ3n) is 3.47. The molecule has 1 aliphatic carbocycles. The molecule has 21 heavy (non-hydrogen) atoms. The van der Waals surface area contributed by atoms with E-state index in [0.717, 1.165) is 11.1 Å². The van der Waals surface area contributed by atoms with E-state index in [1.807, 2.05) is 30.3 Å². The first-order valence-corrected chi connectivity index (χ1v) is 6.47. The molecular weight excluding hydrogens is 276 g/mol. The third kappa shape index (κ3) is 3.48. The lowest BCUT2D eigenvalue weighted by Crippen LogP contribution is -2.46. The number of rotatable bonds is 7. The molecular formula is C15H16O6. The molecule has 6 nitrogen and oxygen atoms in total. The molecule has 0 bridgehead atoms. The van der Waals surface area contributed by atoms with E-state index in [1.54, 1.807) is 6.08 Å². The van der Waals surface area contributed by atoms with Crippen LogP contribution in [0.2, 0.25) is 0 Å². The van der Waals surface area contributed by atoms with Gasteiger partial charge in [0.15, 0.2) is 5.41 Å². The predicted octanol–water partition coefficient (Wildman–Crippen LogP) is 2.01. The average Bonchev–Trinajstić information content (AvgIpc) is 2.40. The molecule has 1 aromatic carbocycles. The molecule has 2 N–H and O–H groups in total. The highest BCUT2D eigenvalue weighted by Crippen LogP contribution is 2.45. The Labute approximate surface area is 121 Å². The van der Waals surface area contributed by atoms with E-state index < -0.39 is 17.4 Å². The average molecular weight is 292 g/mol. The van der Waals surface area contributed by atoms with Gasteiger partial charge in [-0.15, -0.1) is 0 Å². The van der Waals surface area contributed by atoms with Crippen molar-refractivity contribution in [2.75, 3.05) is 6.61 Å². The van der Waals surface area contributed by atoms with Gasteiger partial charge >= 0.3 is 11.9 Å². The summed E-state index contributed by atoms with van der Waals surface area (Å²) in [5.41, 5.74) is 0.0594. The van der Waals surface area contributed by atoms with Gasteiger partial charge in [0.2, 0.25) is 0 Å². The van der Waals surface area contributed by atoms with Crippen molar-refractivity contribution >= 4 is 11.9 Å². The standard InChI is InChI=1S/C15H16O6/c16-13(17)15(14(18)19)8-12(9-15)6-7-20-21-10-11-4-2-1-3-5-11/h1-6H,7-10H2,(H,16,17)(H,18,19). The van der Waals surface area contributed by atoms with E-state index in [9.17, 15) is 9.59 Å². The van der Waals surface area contributed by atoms with Crippen LogP contribution in [0.15, 0.2) is 42.0 Å². The van der Waals surface area contributed by atoms with Crippen LogP contribution in [-0.4, -0.2) is 28.8 Å². The summed E-state index contributed by atoms with van der Waals surface area (Å²) in [5.74, 6) is -2.60. The van der Waals surface area contributed by atoms with Crippen LogP contribution in [0.1, 0.15) is 18.4 Å². The van der Waals surface area contributed by atoms with Crippen molar-refractivity contribution in [3.05, 3.63) is 47.5 Å². The van der Waals surface area contributed by atoms with Crippen LogP contribution in [0, 0.1) is 5.41 Å². The van der Waals surface area contributed by atoms with E-state index in [1.165, 1.54) is 0 Å². The number of hydrogen-bond acceptors (Lipinski definition) is 4. The van der Waals surface area contributed by atoms with Gasteiger partial charge in [-0.25, -0.2) is 9.78 Å². The normalized spacial score (nSPS) is 16.1. The number of carbonyl (C=O) groups is 2. The summed E-state index contributed by atoms with van der Waals surface area (Å²) < 4.78 is 0. The fraction of sp³-hybridized carbons (Fsp3) is 0.333. The van der Waals surface area contributed by atoms with Crippen molar-refractivity contribution in [2.45, 2.75) is 19.4 Å². The van der Waals surface area contributed by atoms with E-state index in [4.69, 9.17) is 20.0 Å². The second kappa shape index (κ2) is 6.51. The lowest BCUT2D eigenvalue weighted by atomic mass is 9.65. The Morgan fingerprint density at radius 3 is 2.29 bits per heavy atom. The number of hydrogen-bond donors (Lipinski definition) is 2. The summed E-state index contributed by atoms with van der Waals surface area (Å²) in [6, 6.07) is 9.50. The summed E-state index contributed by atoms with van der Waals surface area (Å²) in [5, 5.41) is 17.9. The maximum Gasteiger partial charge on any atom is 0.321 e. The molecule has 112 valence electrons. The molecule has 0 aromatic heterocycles. The van der Waals surface area contributed by atoms with E-state index in [-0.39, 0.29) is 19.4 Å². The van der Waals surface area contributed by atoms with Crippen LogP contribution in [0.4, 0.5) is 0 Å². The van der Waals surface area contributed by atoms with E-state index in [2.05, 4.69) is 0 Å². The molecule has 6 heteroatoms. The summed E-state index contributed by atoms with van der Waals surface area (Å²) in [7, 11) is 0. The summed E-state index contributed by atoms with van der Waals surface area (Å²) in [6.07, 6.45) is 1.69. The molecule has 0 unspecified atom stereocenters. The van der Waals surface area contributed by atoms with Crippen LogP contribution in [-0.2, 0) is 26.0 Å². The molecule has 1 saturated carbocycles. The molecule has 2 rings (SSSR count). The maximum atomic E-state index is 11.0. The Hall–Kier alpha value is -2.18. The topological polar surface area (TPSA) is 93.1 Å². The van der Waals surface area contributed by atoms with Gasteiger partial charge in [-0.05, 0) is 18.4 Å².